The molecule has 2 heterocycles. The molecular formula is C20H21ClN4O4S. The predicted octanol–water partition coefficient (Wildman–Crippen LogP) is 3.27. The molecule has 1 fully saturated rings. The van der Waals surface area contributed by atoms with Crippen LogP contribution in [0.25, 0.3) is 11.0 Å². The minimum absolute atomic E-state index is 0.0575. The number of ether oxygens (including phenoxy) is 1. The molecule has 0 spiro atoms. The third-order valence-electron chi connectivity index (χ3n) is 4.82. The topological polar surface area (TPSA) is 104 Å². The largest absolute Gasteiger partial charge is 0.373 e. The summed E-state index contributed by atoms with van der Waals surface area (Å²) in [5.74, 6) is -0.220. The smallest absolute Gasteiger partial charge is 0.258 e. The van der Waals surface area contributed by atoms with Crippen molar-refractivity contribution in [1.29, 1.82) is 0 Å². The van der Waals surface area contributed by atoms with E-state index in [1.807, 2.05) is 38.1 Å². The van der Waals surface area contributed by atoms with Crippen LogP contribution in [-0.2, 0) is 14.8 Å². The molecule has 2 atom stereocenters. The maximum atomic E-state index is 13.2. The summed E-state index contributed by atoms with van der Waals surface area (Å²) in [5, 5.41) is 2.72. The zero-order valence-electron chi connectivity index (χ0n) is 16.4. The van der Waals surface area contributed by atoms with Gasteiger partial charge in [0.2, 0.25) is 16.0 Å². The van der Waals surface area contributed by atoms with E-state index in [0.717, 1.165) is 5.52 Å². The first kappa shape index (κ1) is 20.8. The molecule has 2 aromatic carbocycles. The molecule has 30 heavy (non-hydrogen) atoms. The van der Waals surface area contributed by atoms with E-state index in [2.05, 4.69) is 15.3 Å². The maximum absolute atomic E-state index is 13.2. The Morgan fingerprint density at radius 3 is 2.60 bits per heavy atom. The fourth-order valence-electron chi connectivity index (χ4n) is 3.50. The third kappa shape index (κ3) is 4.06. The van der Waals surface area contributed by atoms with Gasteiger partial charge in [0.1, 0.15) is 4.90 Å². The molecule has 1 amide bonds. The highest BCUT2D eigenvalue weighted by atomic mass is 35.5. The number of hydrogen-bond donors (Lipinski definition) is 2. The van der Waals surface area contributed by atoms with Gasteiger partial charge in [-0.3, -0.25) is 10.1 Å². The molecular weight excluding hydrogens is 428 g/mol. The zero-order valence-corrected chi connectivity index (χ0v) is 18.0. The van der Waals surface area contributed by atoms with Gasteiger partial charge in [0.05, 0.1) is 28.3 Å². The van der Waals surface area contributed by atoms with Gasteiger partial charge in [0, 0.05) is 18.7 Å². The molecule has 0 radical (unpaired) electrons. The molecule has 0 bridgehead atoms. The number of anilines is 1. The molecule has 158 valence electrons. The second-order valence-corrected chi connectivity index (χ2v) is 9.59. The third-order valence-corrected chi connectivity index (χ3v) is 7.13. The van der Waals surface area contributed by atoms with Crippen molar-refractivity contribution in [3.05, 3.63) is 53.1 Å². The number of imidazole rings is 1. The number of nitrogens with zero attached hydrogens (tertiary/aromatic N) is 2. The Bertz CT molecular complexity index is 1170. The highest BCUT2D eigenvalue weighted by Crippen LogP contribution is 2.28. The number of carbonyl (C=O) groups excluding carboxylic acids is 1. The minimum Gasteiger partial charge on any atom is -0.373 e. The van der Waals surface area contributed by atoms with Crippen LogP contribution in [0.15, 0.2) is 47.4 Å². The number of aromatic nitrogens is 2. The second-order valence-electron chi connectivity index (χ2n) is 7.28. The number of rotatable bonds is 4. The Morgan fingerprint density at radius 2 is 1.90 bits per heavy atom. The van der Waals surface area contributed by atoms with E-state index in [0.29, 0.717) is 5.52 Å². The summed E-state index contributed by atoms with van der Waals surface area (Å²) in [6.45, 7) is 4.07. The first-order valence-corrected chi connectivity index (χ1v) is 11.3. The monoisotopic (exact) mass is 448 g/mol. The van der Waals surface area contributed by atoms with Crippen LogP contribution in [0.5, 0.6) is 0 Å². The predicted molar refractivity (Wildman–Crippen MR) is 114 cm³/mol. The molecule has 2 N–H and O–H groups in total. The Balaban J connectivity index is 1.61. The lowest BCUT2D eigenvalue weighted by atomic mass is 10.2. The van der Waals surface area contributed by atoms with Crippen molar-refractivity contribution in [2.45, 2.75) is 31.0 Å². The van der Waals surface area contributed by atoms with Gasteiger partial charge in [-0.2, -0.15) is 4.31 Å². The molecule has 0 unspecified atom stereocenters. The highest BCUT2D eigenvalue weighted by Gasteiger charge is 2.33. The number of amides is 1. The number of nitrogens with one attached hydrogen (secondary N) is 2. The number of para-hydroxylation sites is 2. The quantitative estimate of drug-likeness (QED) is 0.637. The van der Waals surface area contributed by atoms with Crippen molar-refractivity contribution in [3.63, 3.8) is 0 Å². The van der Waals surface area contributed by atoms with Crippen LogP contribution < -0.4 is 5.32 Å². The van der Waals surface area contributed by atoms with Crippen molar-refractivity contribution < 1.29 is 17.9 Å². The fraction of sp³-hybridized carbons (Fsp3) is 0.300. The standard InChI is InChI=1S/C20H21ClN4O4S/c1-12-10-25(11-13(2)29-12)30(27,28)18-9-14(7-8-15(18)21)19(26)24-20-22-16-5-3-4-6-17(16)23-20/h3-9,12-13H,10-11H2,1-2H3,(H2,22,23,24,26)/t12-,13-/m0/s1. The van der Waals surface area contributed by atoms with E-state index in [9.17, 15) is 13.2 Å². The van der Waals surface area contributed by atoms with Gasteiger partial charge in [-0.15, -0.1) is 0 Å². The maximum Gasteiger partial charge on any atom is 0.258 e. The van der Waals surface area contributed by atoms with Crippen LogP contribution >= 0.6 is 11.6 Å². The number of benzene rings is 2. The van der Waals surface area contributed by atoms with Crippen molar-refractivity contribution in [2.75, 3.05) is 18.4 Å². The molecule has 4 rings (SSSR count). The van der Waals surface area contributed by atoms with Crippen LogP contribution in [-0.4, -0.2) is 53.9 Å². The molecule has 10 heteroatoms. The molecule has 3 aromatic rings. The zero-order chi connectivity index (χ0) is 21.5. The Kier molecular flexibility index (Phi) is 5.54. The minimum atomic E-state index is -3.89. The molecule has 1 aliphatic heterocycles. The Hall–Kier alpha value is -2.46. The number of hydrogen-bond acceptors (Lipinski definition) is 5. The first-order valence-electron chi connectivity index (χ1n) is 9.45. The summed E-state index contributed by atoms with van der Waals surface area (Å²) < 4.78 is 33.3. The average molecular weight is 449 g/mol. The van der Waals surface area contributed by atoms with Gasteiger partial charge in [-0.25, -0.2) is 13.4 Å². The molecule has 0 saturated carbocycles. The van der Waals surface area contributed by atoms with Gasteiger partial charge in [-0.1, -0.05) is 23.7 Å². The van der Waals surface area contributed by atoms with E-state index in [4.69, 9.17) is 16.3 Å². The number of morpholine rings is 1. The Labute approximate surface area is 179 Å². The van der Waals surface area contributed by atoms with Crippen LogP contribution in [0.1, 0.15) is 24.2 Å². The van der Waals surface area contributed by atoms with E-state index < -0.39 is 15.9 Å². The van der Waals surface area contributed by atoms with Crippen LogP contribution in [0.2, 0.25) is 5.02 Å². The average Bonchev–Trinajstić information content (AvgIpc) is 3.09. The van der Waals surface area contributed by atoms with Gasteiger partial charge < -0.3 is 9.72 Å². The first-order chi connectivity index (χ1) is 14.2. The Morgan fingerprint density at radius 1 is 1.20 bits per heavy atom. The number of sulfonamides is 1. The summed E-state index contributed by atoms with van der Waals surface area (Å²) in [5.41, 5.74) is 1.65. The van der Waals surface area contributed by atoms with Crippen molar-refractivity contribution in [1.82, 2.24) is 14.3 Å². The lowest BCUT2D eigenvalue weighted by Crippen LogP contribution is -2.48. The SMILES string of the molecule is C[C@H]1CN(S(=O)(=O)c2cc(C(=O)Nc3nc4ccccc4[nH]3)ccc2Cl)C[C@H](C)O1. The van der Waals surface area contributed by atoms with Crippen molar-refractivity contribution in [2.24, 2.45) is 0 Å². The number of aromatic amines is 1. The number of fused-ring (bicyclic) bond motifs is 1. The lowest BCUT2D eigenvalue weighted by molar-refractivity contribution is -0.0440. The van der Waals surface area contributed by atoms with Crippen LogP contribution in [0.4, 0.5) is 5.95 Å². The normalized spacial score (nSPS) is 20.4. The summed E-state index contributed by atoms with van der Waals surface area (Å²) in [6, 6.07) is 11.5. The molecule has 8 nitrogen and oxygen atoms in total. The number of H-pyrrole nitrogens is 1. The number of carbonyl (C=O) groups is 1. The summed E-state index contributed by atoms with van der Waals surface area (Å²) in [4.78, 5) is 19.9. The molecule has 0 aliphatic carbocycles. The van der Waals surface area contributed by atoms with Crippen molar-refractivity contribution in [3.8, 4) is 0 Å². The van der Waals surface area contributed by atoms with Gasteiger partial charge >= 0.3 is 0 Å². The summed E-state index contributed by atoms with van der Waals surface area (Å²) >= 11 is 6.20. The second kappa shape index (κ2) is 7.99. The molecule has 1 aliphatic rings. The highest BCUT2D eigenvalue weighted by molar-refractivity contribution is 7.89. The fourth-order valence-corrected chi connectivity index (χ4v) is 5.59. The van der Waals surface area contributed by atoms with E-state index in [-0.39, 0.29) is 46.7 Å². The number of halogens is 1. The van der Waals surface area contributed by atoms with E-state index in [1.54, 1.807) is 0 Å². The molecule has 1 saturated heterocycles. The van der Waals surface area contributed by atoms with Crippen LogP contribution in [0, 0.1) is 0 Å². The lowest BCUT2D eigenvalue weighted by Gasteiger charge is -2.34. The van der Waals surface area contributed by atoms with Gasteiger partial charge in [0.25, 0.3) is 5.91 Å². The van der Waals surface area contributed by atoms with Gasteiger partial charge in [0.15, 0.2) is 0 Å². The van der Waals surface area contributed by atoms with Gasteiger partial charge in [-0.05, 0) is 44.2 Å². The summed E-state index contributed by atoms with van der Waals surface area (Å²) in [6.07, 6.45) is -0.469. The van der Waals surface area contributed by atoms with Crippen LogP contribution in [0.3, 0.4) is 0 Å². The van der Waals surface area contributed by atoms with E-state index >= 15 is 0 Å². The van der Waals surface area contributed by atoms with E-state index in [1.165, 1.54) is 22.5 Å². The molecule has 1 aromatic heterocycles. The van der Waals surface area contributed by atoms with Crippen molar-refractivity contribution >= 4 is 44.5 Å². The summed E-state index contributed by atoms with van der Waals surface area (Å²) in [7, 11) is -3.89.